The Balaban J connectivity index is 2.35. The van der Waals surface area contributed by atoms with Crippen molar-refractivity contribution in [1.29, 1.82) is 0 Å². The molecular formula is C9H9N3O5. The van der Waals surface area contributed by atoms with Crippen LogP contribution in [0, 0.1) is 5.92 Å². The van der Waals surface area contributed by atoms with E-state index in [0.717, 1.165) is 11.0 Å². The molecule has 2 heterocycles. The fourth-order valence-electron chi connectivity index (χ4n) is 1.71. The van der Waals surface area contributed by atoms with Gasteiger partial charge in [-0.25, -0.2) is 4.79 Å². The Morgan fingerprint density at radius 3 is 2.59 bits per heavy atom. The van der Waals surface area contributed by atoms with Crippen LogP contribution in [-0.2, 0) is 9.59 Å². The van der Waals surface area contributed by atoms with Gasteiger partial charge >= 0.3 is 11.7 Å². The molecule has 8 heteroatoms. The quantitative estimate of drug-likeness (QED) is 0.579. The van der Waals surface area contributed by atoms with Gasteiger partial charge in [0, 0.05) is 19.0 Å². The Labute approximate surface area is 93.9 Å². The Morgan fingerprint density at radius 2 is 2.06 bits per heavy atom. The van der Waals surface area contributed by atoms with Gasteiger partial charge in [0.25, 0.3) is 5.56 Å². The third kappa shape index (κ3) is 2.10. The summed E-state index contributed by atoms with van der Waals surface area (Å²) < 4.78 is 0. The molecule has 0 spiro atoms. The Bertz CT molecular complexity index is 559. The summed E-state index contributed by atoms with van der Waals surface area (Å²) in [4.78, 5) is 49.7. The van der Waals surface area contributed by atoms with Crippen LogP contribution in [-0.4, -0.2) is 33.5 Å². The highest BCUT2D eigenvalue weighted by Crippen LogP contribution is 2.21. The topological polar surface area (TPSA) is 123 Å². The Kier molecular flexibility index (Phi) is 2.54. The number of H-pyrrole nitrogens is 2. The molecule has 1 atom stereocenters. The molecule has 1 saturated heterocycles. The lowest BCUT2D eigenvalue weighted by Crippen LogP contribution is -2.31. The van der Waals surface area contributed by atoms with Crippen molar-refractivity contribution in [3.8, 4) is 0 Å². The summed E-state index contributed by atoms with van der Waals surface area (Å²) in [7, 11) is 0. The molecule has 0 bridgehead atoms. The van der Waals surface area contributed by atoms with Crippen LogP contribution in [0.3, 0.4) is 0 Å². The zero-order chi connectivity index (χ0) is 12.6. The smallest absolute Gasteiger partial charge is 0.327 e. The van der Waals surface area contributed by atoms with E-state index in [-0.39, 0.29) is 18.8 Å². The highest BCUT2D eigenvalue weighted by molar-refractivity contribution is 5.98. The van der Waals surface area contributed by atoms with Crippen molar-refractivity contribution in [1.82, 2.24) is 9.97 Å². The van der Waals surface area contributed by atoms with Crippen molar-refractivity contribution in [3.63, 3.8) is 0 Å². The standard InChI is InChI=1S/C9H9N3O5/c13-6-2-5(10-9(17)11-6)12-3-4(8(15)16)1-7(12)14/h2,4H,1,3H2,(H,15,16)(H2,10,11,13,17). The summed E-state index contributed by atoms with van der Waals surface area (Å²) in [5, 5.41) is 8.79. The predicted molar refractivity (Wildman–Crippen MR) is 55.8 cm³/mol. The lowest BCUT2D eigenvalue weighted by atomic mass is 10.1. The molecule has 1 aliphatic heterocycles. The van der Waals surface area contributed by atoms with Gasteiger partial charge in [0.15, 0.2) is 0 Å². The van der Waals surface area contributed by atoms with Crippen LogP contribution in [0.4, 0.5) is 5.82 Å². The maximum atomic E-state index is 11.5. The fourth-order valence-corrected chi connectivity index (χ4v) is 1.71. The summed E-state index contributed by atoms with van der Waals surface area (Å²) in [5.41, 5.74) is -1.38. The molecule has 1 unspecified atom stereocenters. The first kappa shape index (κ1) is 11.1. The van der Waals surface area contributed by atoms with E-state index in [0.29, 0.717) is 0 Å². The molecule has 1 fully saturated rings. The second-order valence-corrected chi connectivity index (χ2v) is 3.72. The number of carbonyl (C=O) groups is 2. The highest BCUT2D eigenvalue weighted by atomic mass is 16.4. The Hall–Kier alpha value is -2.38. The number of aliphatic carboxylic acids is 1. The van der Waals surface area contributed by atoms with Crippen molar-refractivity contribution >= 4 is 17.7 Å². The van der Waals surface area contributed by atoms with Gasteiger partial charge in [-0.3, -0.25) is 29.3 Å². The van der Waals surface area contributed by atoms with Gasteiger partial charge in [0.05, 0.1) is 5.92 Å². The van der Waals surface area contributed by atoms with Crippen molar-refractivity contribution in [3.05, 3.63) is 26.9 Å². The molecule has 0 aromatic carbocycles. The van der Waals surface area contributed by atoms with Gasteiger partial charge in [-0.2, -0.15) is 0 Å². The number of hydrogen-bond acceptors (Lipinski definition) is 4. The number of rotatable bonds is 2. The minimum Gasteiger partial charge on any atom is -0.481 e. The SMILES string of the molecule is O=C(O)C1CC(=O)N(c2cc(=O)[nH]c(=O)[nH]2)C1. The second-order valence-electron chi connectivity index (χ2n) is 3.72. The molecule has 17 heavy (non-hydrogen) atoms. The van der Waals surface area contributed by atoms with Crippen LogP contribution in [0.5, 0.6) is 0 Å². The van der Waals surface area contributed by atoms with Crippen molar-refractivity contribution in [2.45, 2.75) is 6.42 Å². The number of carboxylic acid groups (broad SMARTS) is 1. The van der Waals surface area contributed by atoms with E-state index in [1.807, 2.05) is 4.98 Å². The molecule has 8 nitrogen and oxygen atoms in total. The molecular weight excluding hydrogens is 230 g/mol. The molecule has 1 amide bonds. The summed E-state index contributed by atoms with van der Waals surface area (Å²) in [6, 6.07) is 1.05. The predicted octanol–water partition coefficient (Wildman–Crippen LogP) is -1.50. The number of aromatic amines is 2. The van der Waals surface area contributed by atoms with Crippen LogP contribution in [0.25, 0.3) is 0 Å². The third-order valence-corrected chi connectivity index (χ3v) is 2.51. The summed E-state index contributed by atoms with van der Waals surface area (Å²) >= 11 is 0. The van der Waals surface area contributed by atoms with E-state index >= 15 is 0 Å². The normalized spacial score (nSPS) is 19.6. The van der Waals surface area contributed by atoms with Gasteiger partial charge in [-0.15, -0.1) is 0 Å². The van der Waals surface area contributed by atoms with Crippen LogP contribution >= 0.6 is 0 Å². The van der Waals surface area contributed by atoms with E-state index in [1.165, 1.54) is 0 Å². The Morgan fingerprint density at radius 1 is 1.35 bits per heavy atom. The maximum absolute atomic E-state index is 11.5. The van der Waals surface area contributed by atoms with Gasteiger partial charge in [0.1, 0.15) is 5.82 Å². The number of carbonyl (C=O) groups excluding carboxylic acids is 1. The fraction of sp³-hybridized carbons (Fsp3) is 0.333. The molecule has 1 aromatic rings. The number of carboxylic acids is 1. The maximum Gasteiger partial charge on any atom is 0.327 e. The van der Waals surface area contributed by atoms with E-state index in [4.69, 9.17) is 5.11 Å². The van der Waals surface area contributed by atoms with Crippen molar-refractivity contribution < 1.29 is 14.7 Å². The summed E-state index contributed by atoms with van der Waals surface area (Å²) in [6.07, 6.45) is -0.135. The van der Waals surface area contributed by atoms with Crippen LogP contribution in [0.1, 0.15) is 6.42 Å². The number of hydrogen-bond donors (Lipinski definition) is 3. The number of aromatic nitrogens is 2. The minimum atomic E-state index is -1.08. The lowest BCUT2D eigenvalue weighted by molar-refractivity contribution is -0.141. The van der Waals surface area contributed by atoms with Gasteiger partial charge in [0.2, 0.25) is 5.91 Å². The molecule has 3 N–H and O–H groups in total. The molecule has 1 aliphatic rings. The van der Waals surface area contributed by atoms with Gasteiger partial charge in [-0.1, -0.05) is 0 Å². The van der Waals surface area contributed by atoms with Crippen molar-refractivity contribution in [2.75, 3.05) is 11.4 Å². The van der Waals surface area contributed by atoms with E-state index in [1.54, 1.807) is 0 Å². The second kappa shape index (κ2) is 3.89. The van der Waals surface area contributed by atoms with Crippen LogP contribution < -0.4 is 16.1 Å². The molecule has 0 saturated carbocycles. The highest BCUT2D eigenvalue weighted by Gasteiger charge is 2.35. The number of nitrogens with zero attached hydrogens (tertiary/aromatic N) is 1. The average Bonchev–Trinajstić information content (AvgIpc) is 2.59. The van der Waals surface area contributed by atoms with Crippen LogP contribution in [0.2, 0.25) is 0 Å². The molecule has 90 valence electrons. The first-order valence-corrected chi connectivity index (χ1v) is 4.84. The first-order chi connectivity index (χ1) is 7.97. The summed E-state index contributed by atoms with van der Waals surface area (Å²) in [5.74, 6) is -2.30. The zero-order valence-corrected chi connectivity index (χ0v) is 8.60. The minimum absolute atomic E-state index is 0.0208. The number of anilines is 1. The first-order valence-electron chi connectivity index (χ1n) is 4.84. The molecule has 0 radical (unpaired) electrons. The van der Waals surface area contributed by atoms with Crippen molar-refractivity contribution in [2.24, 2.45) is 5.92 Å². The molecule has 1 aromatic heterocycles. The third-order valence-electron chi connectivity index (χ3n) is 2.51. The average molecular weight is 239 g/mol. The number of nitrogens with one attached hydrogen (secondary N) is 2. The van der Waals surface area contributed by atoms with Gasteiger partial charge < -0.3 is 5.11 Å². The molecule has 2 rings (SSSR count). The number of amides is 1. The van der Waals surface area contributed by atoms with E-state index in [9.17, 15) is 19.2 Å². The van der Waals surface area contributed by atoms with E-state index in [2.05, 4.69) is 4.98 Å². The molecule has 0 aliphatic carbocycles. The lowest BCUT2D eigenvalue weighted by Gasteiger charge is -2.14. The monoisotopic (exact) mass is 239 g/mol. The zero-order valence-electron chi connectivity index (χ0n) is 8.60. The van der Waals surface area contributed by atoms with Gasteiger partial charge in [-0.05, 0) is 0 Å². The summed E-state index contributed by atoms with van der Waals surface area (Å²) in [6.45, 7) is -0.0481. The largest absolute Gasteiger partial charge is 0.481 e. The van der Waals surface area contributed by atoms with Crippen LogP contribution in [0.15, 0.2) is 15.7 Å². The van der Waals surface area contributed by atoms with E-state index < -0.39 is 29.0 Å².